The van der Waals surface area contributed by atoms with Gasteiger partial charge in [-0.25, -0.2) is 0 Å². The highest BCUT2D eigenvalue weighted by Gasteiger charge is 2.26. The quantitative estimate of drug-likeness (QED) is 0.574. The summed E-state index contributed by atoms with van der Waals surface area (Å²) in [5.74, 6) is -0.241. The van der Waals surface area contributed by atoms with Crippen molar-refractivity contribution in [2.75, 3.05) is 0 Å². The molecule has 1 N–H and O–H groups in total. The minimum Gasteiger partial charge on any atom is -0.393 e. The van der Waals surface area contributed by atoms with Crippen LogP contribution in [0.3, 0.4) is 0 Å². The molecular weight excluding hydrogens is 200 g/mol. The van der Waals surface area contributed by atoms with Crippen molar-refractivity contribution < 1.29 is 10.0 Å². The van der Waals surface area contributed by atoms with Gasteiger partial charge in [-0.15, -0.1) is 5.10 Å². The molecule has 1 aromatic heterocycles. The molecule has 0 aliphatic heterocycles. The highest BCUT2D eigenvalue weighted by Crippen LogP contribution is 2.27. The number of nitrogens with zero attached hydrogens (tertiary/aromatic N) is 4. The molecule has 1 heterocycles. The highest BCUT2D eigenvalue weighted by molar-refractivity contribution is 5.08. The van der Waals surface area contributed by atoms with Crippen LogP contribution in [0.15, 0.2) is 6.20 Å². The lowest BCUT2D eigenvalue weighted by molar-refractivity contribution is -0.389. The molecular formula is C8H12N4O3. The van der Waals surface area contributed by atoms with Crippen molar-refractivity contribution in [2.45, 2.75) is 37.8 Å². The number of aliphatic hydroxyl groups excluding tert-OH is 1. The van der Waals surface area contributed by atoms with Gasteiger partial charge in [0.1, 0.15) is 0 Å². The van der Waals surface area contributed by atoms with Crippen molar-refractivity contribution in [3.05, 3.63) is 16.3 Å². The van der Waals surface area contributed by atoms with Gasteiger partial charge < -0.3 is 15.2 Å². The second-order valence-corrected chi connectivity index (χ2v) is 3.75. The fraction of sp³-hybridized carbons (Fsp3) is 0.750. The Hall–Kier alpha value is -1.50. The van der Waals surface area contributed by atoms with E-state index in [-0.39, 0.29) is 18.0 Å². The molecule has 1 aromatic rings. The van der Waals surface area contributed by atoms with Crippen LogP contribution in [0.2, 0.25) is 0 Å². The van der Waals surface area contributed by atoms with Gasteiger partial charge in [0.25, 0.3) is 0 Å². The summed E-state index contributed by atoms with van der Waals surface area (Å²) in [6, 6.07) is -0.0116. The summed E-state index contributed by atoms with van der Waals surface area (Å²) in [7, 11) is 0. The van der Waals surface area contributed by atoms with Crippen LogP contribution in [0.4, 0.5) is 5.82 Å². The maximum absolute atomic E-state index is 10.4. The van der Waals surface area contributed by atoms with E-state index in [1.54, 1.807) is 0 Å². The summed E-state index contributed by atoms with van der Waals surface area (Å²) in [6.45, 7) is 0. The van der Waals surface area contributed by atoms with Crippen LogP contribution >= 0.6 is 0 Å². The van der Waals surface area contributed by atoms with Crippen molar-refractivity contribution in [2.24, 2.45) is 0 Å². The Bertz CT molecular complexity index is 365. The molecule has 1 fully saturated rings. The molecule has 2 rings (SSSR count). The Balaban J connectivity index is 2.11. The molecule has 0 bridgehead atoms. The number of nitro groups is 1. The molecule has 1 aliphatic carbocycles. The van der Waals surface area contributed by atoms with Gasteiger partial charge in [-0.1, -0.05) is 4.80 Å². The van der Waals surface area contributed by atoms with Gasteiger partial charge in [0.2, 0.25) is 0 Å². The Labute approximate surface area is 85.9 Å². The maximum atomic E-state index is 10.4. The van der Waals surface area contributed by atoms with Crippen LogP contribution in [0.5, 0.6) is 0 Å². The average Bonchev–Trinajstić information content (AvgIpc) is 2.66. The number of hydrogen-bond acceptors (Lipinski definition) is 5. The normalized spacial score (nSPS) is 26.5. The number of aliphatic hydroxyl groups is 1. The zero-order valence-electron chi connectivity index (χ0n) is 8.11. The Morgan fingerprint density at radius 2 is 2.40 bits per heavy atom. The summed E-state index contributed by atoms with van der Waals surface area (Å²) in [5, 5.41) is 27.5. The van der Waals surface area contributed by atoms with Crippen LogP contribution < -0.4 is 0 Å². The van der Waals surface area contributed by atoms with E-state index in [1.165, 1.54) is 4.80 Å². The molecule has 1 saturated carbocycles. The lowest BCUT2D eigenvalue weighted by Crippen LogP contribution is -2.24. The van der Waals surface area contributed by atoms with Crippen molar-refractivity contribution in [1.29, 1.82) is 0 Å². The molecule has 2 atom stereocenters. The van der Waals surface area contributed by atoms with Gasteiger partial charge >= 0.3 is 5.82 Å². The number of hydrogen-bond donors (Lipinski definition) is 1. The largest absolute Gasteiger partial charge is 0.410 e. The molecule has 0 amide bonds. The first kappa shape index (κ1) is 10.0. The molecule has 0 radical (unpaired) electrons. The van der Waals surface area contributed by atoms with Crippen molar-refractivity contribution in [3.63, 3.8) is 0 Å². The first-order valence-electron chi connectivity index (χ1n) is 4.91. The predicted molar refractivity (Wildman–Crippen MR) is 50.2 cm³/mol. The van der Waals surface area contributed by atoms with Gasteiger partial charge in [0.15, 0.2) is 6.20 Å². The van der Waals surface area contributed by atoms with Crippen molar-refractivity contribution in [3.8, 4) is 0 Å². The van der Waals surface area contributed by atoms with Crippen LogP contribution in [-0.4, -0.2) is 31.1 Å². The van der Waals surface area contributed by atoms with E-state index in [2.05, 4.69) is 10.2 Å². The topological polar surface area (TPSA) is 94.1 Å². The lowest BCUT2D eigenvalue weighted by Gasteiger charge is -2.22. The molecule has 0 saturated heterocycles. The number of aromatic nitrogens is 3. The average molecular weight is 212 g/mol. The molecule has 7 nitrogen and oxygen atoms in total. The Kier molecular flexibility index (Phi) is 2.63. The molecule has 7 heteroatoms. The Morgan fingerprint density at radius 1 is 1.60 bits per heavy atom. The van der Waals surface area contributed by atoms with E-state index in [0.29, 0.717) is 6.42 Å². The molecule has 15 heavy (non-hydrogen) atoms. The van der Waals surface area contributed by atoms with Crippen LogP contribution in [0.1, 0.15) is 31.7 Å². The summed E-state index contributed by atoms with van der Waals surface area (Å²) >= 11 is 0. The standard InChI is InChI=1S/C8H12N4O3/c13-7-3-1-2-6(4-7)11-9-5-8(10-11)12(14)15/h5-7,13H,1-4H2. The summed E-state index contributed by atoms with van der Waals surface area (Å²) in [5.41, 5.74) is 0. The van der Waals surface area contributed by atoms with Gasteiger partial charge in [0, 0.05) is 0 Å². The molecule has 1 aliphatic rings. The first-order valence-corrected chi connectivity index (χ1v) is 4.91. The first-order chi connectivity index (χ1) is 7.16. The van der Waals surface area contributed by atoms with Crippen molar-refractivity contribution in [1.82, 2.24) is 15.0 Å². The van der Waals surface area contributed by atoms with E-state index in [1.807, 2.05) is 0 Å². The van der Waals surface area contributed by atoms with E-state index < -0.39 is 4.92 Å². The maximum Gasteiger partial charge on any atom is 0.410 e. The SMILES string of the molecule is O=[N+]([O-])c1cnn(C2CCCC(O)C2)n1. The van der Waals surface area contributed by atoms with Gasteiger partial charge in [-0.3, -0.25) is 0 Å². The smallest absolute Gasteiger partial charge is 0.393 e. The van der Waals surface area contributed by atoms with Crippen LogP contribution in [-0.2, 0) is 0 Å². The van der Waals surface area contributed by atoms with Gasteiger partial charge in [-0.05, 0) is 30.6 Å². The van der Waals surface area contributed by atoms with Gasteiger partial charge in [0.05, 0.1) is 17.2 Å². The van der Waals surface area contributed by atoms with E-state index in [9.17, 15) is 15.2 Å². The highest BCUT2D eigenvalue weighted by atomic mass is 16.6. The van der Waals surface area contributed by atoms with Crippen LogP contribution in [0, 0.1) is 10.1 Å². The third-order valence-corrected chi connectivity index (χ3v) is 2.63. The zero-order valence-corrected chi connectivity index (χ0v) is 8.11. The third kappa shape index (κ3) is 2.12. The minimum absolute atomic E-state index is 0.0116. The van der Waals surface area contributed by atoms with Crippen molar-refractivity contribution >= 4 is 5.82 Å². The van der Waals surface area contributed by atoms with E-state index in [4.69, 9.17) is 0 Å². The molecule has 2 unspecified atom stereocenters. The minimum atomic E-state index is -0.567. The third-order valence-electron chi connectivity index (χ3n) is 2.63. The van der Waals surface area contributed by atoms with Crippen LogP contribution in [0.25, 0.3) is 0 Å². The monoisotopic (exact) mass is 212 g/mol. The fourth-order valence-electron chi connectivity index (χ4n) is 1.88. The molecule has 82 valence electrons. The van der Waals surface area contributed by atoms with E-state index >= 15 is 0 Å². The lowest BCUT2D eigenvalue weighted by atomic mass is 9.93. The summed E-state index contributed by atoms with van der Waals surface area (Å²) < 4.78 is 0. The Morgan fingerprint density at radius 3 is 3.00 bits per heavy atom. The second-order valence-electron chi connectivity index (χ2n) is 3.75. The zero-order chi connectivity index (χ0) is 10.8. The van der Waals surface area contributed by atoms with E-state index in [0.717, 1.165) is 25.5 Å². The molecule has 0 aromatic carbocycles. The summed E-state index contributed by atoms with van der Waals surface area (Å²) in [6.07, 6.45) is 3.94. The number of rotatable bonds is 2. The fourth-order valence-corrected chi connectivity index (χ4v) is 1.88. The predicted octanol–water partition coefficient (Wildman–Crippen LogP) is 0.662. The van der Waals surface area contributed by atoms with Gasteiger partial charge in [-0.2, -0.15) is 0 Å². The summed E-state index contributed by atoms with van der Waals surface area (Å²) in [4.78, 5) is 11.2. The molecule has 0 spiro atoms. The second kappa shape index (κ2) is 3.93.